The average Bonchev–Trinajstić information content (AvgIpc) is 3.54. The van der Waals surface area contributed by atoms with Gasteiger partial charge in [-0.3, -0.25) is 14.6 Å². The number of carbonyl (C=O) groups excluding carboxylic acids is 2. The van der Waals surface area contributed by atoms with E-state index < -0.39 is 5.82 Å². The third kappa shape index (κ3) is 4.29. The second-order valence-electron chi connectivity index (χ2n) is 7.91. The first-order valence-electron chi connectivity index (χ1n) is 9.97. The number of hydrogen-bond acceptors (Lipinski definition) is 4. The first kappa shape index (κ1) is 19.5. The number of carbonyl (C=O) groups is 2. The van der Waals surface area contributed by atoms with Gasteiger partial charge < -0.3 is 15.1 Å². The number of amides is 2. The van der Waals surface area contributed by atoms with Crippen LogP contribution in [0.15, 0.2) is 30.5 Å². The van der Waals surface area contributed by atoms with Gasteiger partial charge in [0, 0.05) is 49.5 Å². The number of nitrogens with zero attached hydrogens (tertiary/aromatic N) is 3. The van der Waals surface area contributed by atoms with E-state index in [0.717, 1.165) is 25.9 Å². The van der Waals surface area contributed by atoms with Gasteiger partial charge in [0.15, 0.2) is 0 Å². The van der Waals surface area contributed by atoms with Gasteiger partial charge in [0.2, 0.25) is 0 Å². The van der Waals surface area contributed by atoms with Crippen LogP contribution in [0.25, 0.3) is 11.3 Å². The van der Waals surface area contributed by atoms with Gasteiger partial charge in [-0.05, 0) is 56.6 Å². The molecule has 1 N–H and O–H groups in total. The van der Waals surface area contributed by atoms with E-state index >= 15 is 0 Å². The molecule has 1 aliphatic heterocycles. The van der Waals surface area contributed by atoms with Crippen LogP contribution in [-0.2, 0) is 0 Å². The number of likely N-dealkylation sites (N-methyl/N-ethyl adjacent to an activating group) is 1. The predicted molar refractivity (Wildman–Crippen MR) is 108 cm³/mol. The summed E-state index contributed by atoms with van der Waals surface area (Å²) in [4.78, 5) is 33.4. The largest absolute Gasteiger partial charge is 0.349 e. The van der Waals surface area contributed by atoms with Crippen LogP contribution in [0.4, 0.5) is 4.39 Å². The molecular formula is C22H25FN4O2. The van der Waals surface area contributed by atoms with Crippen LogP contribution in [0.1, 0.15) is 39.1 Å². The Kier molecular flexibility index (Phi) is 5.32. The molecule has 152 valence electrons. The Hall–Kier alpha value is -2.80. The molecule has 0 spiro atoms. The maximum atomic E-state index is 14.4. The number of halogens is 1. The first-order chi connectivity index (χ1) is 13.9. The third-order valence-corrected chi connectivity index (χ3v) is 5.60. The normalized spacial score (nSPS) is 17.3. The Morgan fingerprint density at radius 1 is 1.10 bits per heavy atom. The lowest BCUT2D eigenvalue weighted by molar-refractivity contribution is 0.0663. The van der Waals surface area contributed by atoms with Gasteiger partial charge in [0.05, 0.1) is 11.3 Å². The summed E-state index contributed by atoms with van der Waals surface area (Å²) in [6, 6.07) is 6.57. The second kappa shape index (κ2) is 7.91. The maximum Gasteiger partial charge on any atom is 0.255 e. The topological polar surface area (TPSA) is 65.5 Å². The van der Waals surface area contributed by atoms with Gasteiger partial charge in [-0.25, -0.2) is 4.39 Å². The van der Waals surface area contributed by atoms with E-state index in [9.17, 15) is 14.0 Å². The third-order valence-electron chi connectivity index (χ3n) is 5.60. The molecule has 2 aliphatic rings. The highest BCUT2D eigenvalue weighted by molar-refractivity contribution is 5.96. The van der Waals surface area contributed by atoms with Gasteiger partial charge in [-0.1, -0.05) is 0 Å². The number of benzene rings is 1. The molecule has 2 aromatic rings. The van der Waals surface area contributed by atoms with Crippen LogP contribution in [-0.4, -0.2) is 65.9 Å². The van der Waals surface area contributed by atoms with Crippen molar-refractivity contribution in [3.63, 3.8) is 0 Å². The number of pyridine rings is 1. The molecule has 2 fully saturated rings. The molecule has 29 heavy (non-hydrogen) atoms. The molecule has 0 atom stereocenters. The van der Waals surface area contributed by atoms with Crippen molar-refractivity contribution in [3.8, 4) is 11.3 Å². The van der Waals surface area contributed by atoms with Crippen molar-refractivity contribution in [2.24, 2.45) is 0 Å². The van der Waals surface area contributed by atoms with E-state index in [1.807, 2.05) is 11.9 Å². The van der Waals surface area contributed by atoms with E-state index in [0.29, 0.717) is 35.5 Å². The van der Waals surface area contributed by atoms with Crippen molar-refractivity contribution in [1.82, 2.24) is 20.1 Å². The first-order valence-corrected chi connectivity index (χ1v) is 9.97. The van der Waals surface area contributed by atoms with Crippen LogP contribution in [0, 0.1) is 12.7 Å². The van der Waals surface area contributed by atoms with Crippen LogP contribution < -0.4 is 5.32 Å². The molecule has 7 heteroatoms. The highest BCUT2D eigenvalue weighted by atomic mass is 19.1. The summed E-state index contributed by atoms with van der Waals surface area (Å²) in [6.45, 7) is 4.76. The van der Waals surface area contributed by atoms with Crippen LogP contribution >= 0.6 is 0 Å². The Balaban J connectivity index is 1.56. The standard InChI is InChI=1S/C22H25FN4O2/c1-14-18(11-16(12-19(14)23)21(28)25-17-4-5-17)20-6-3-15(13-24-20)22(29)27-9-7-26(2)8-10-27/h3,6,11-13,17H,4-5,7-10H2,1-2H3,(H,25,28). The number of piperazine rings is 1. The zero-order valence-corrected chi connectivity index (χ0v) is 16.7. The summed E-state index contributed by atoms with van der Waals surface area (Å²) >= 11 is 0. The highest BCUT2D eigenvalue weighted by Gasteiger charge is 2.25. The fourth-order valence-electron chi connectivity index (χ4n) is 3.44. The van der Waals surface area contributed by atoms with Crippen molar-refractivity contribution in [1.29, 1.82) is 0 Å². The highest BCUT2D eigenvalue weighted by Crippen LogP contribution is 2.27. The van der Waals surface area contributed by atoms with Gasteiger partial charge in [0.25, 0.3) is 11.8 Å². The van der Waals surface area contributed by atoms with E-state index in [4.69, 9.17) is 0 Å². The van der Waals surface area contributed by atoms with Crippen molar-refractivity contribution < 1.29 is 14.0 Å². The Morgan fingerprint density at radius 3 is 2.45 bits per heavy atom. The zero-order chi connectivity index (χ0) is 20.5. The molecule has 1 aliphatic carbocycles. The average molecular weight is 396 g/mol. The molecule has 1 aromatic carbocycles. The molecule has 0 bridgehead atoms. The quantitative estimate of drug-likeness (QED) is 0.862. The minimum atomic E-state index is -0.442. The van der Waals surface area contributed by atoms with Crippen LogP contribution in [0.3, 0.4) is 0 Å². The Labute approximate surface area is 169 Å². The fourth-order valence-corrected chi connectivity index (χ4v) is 3.44. The summed E-state index contributed by atoms with van der Waals surface area (Å²) in [6.07, 6.45) is 3.47. The second-order valence-corrected chi connectivity index (χ2v) is 7.91. The van der Waals surface area contributed by atoms with E-state index in [1.54, 1.807) is 25.1 Å². The van der Waals surface area contributed by atoms with Crippen molar-refractivity contribution in [2.75, 3.05) is 33.2 Å². The monoisotopic (exact) mass is 396 g/mol. The summed E-state index contributed by atoms with van der Waals surface area (Å²) in [7, 11) is 2.04. The number of nitrogens with one attached hydrogen (secondary N) is 1. The van der Waals surface area contributed by atoms with Crippen LogP contribution in [0.2, 0.25) is 0 Å². The number of hydrogen-bond donors (Lipinski definition) is 1. The van der Waals surface area contributed by atoms with Gasteiger partial charge >= 0.3 is 0 Å². The summed E-state index contributed by atoms with van der Waals surface area (Å²) in [5.74, 6) is -0.755. The molecule has 2 amide bonds. The molecule has 1 aromatic heterocycles. The summed E-state index contributed by atoms with van der Waals surface area (Å²) < 4.78 is 14.4. The zero-order valence-electron chi connectivity index (χ0n) is 16.7. The molecule has 1 saturated heterocycles. The number of rotatable bonds is 4. The van der Waals surface area contributed by atoms with Crippen molar-refractivity contribution >= 4 is 11.8 Å². The maximum absolute atomic E-state index is 14.4. The molecular weight excluding hydrogens is 371 g/mol. The molecule has 2 heterocycles. The molecule has 0 unspecified atom stereocenters. The lowest BCUT2D eigenvalue weighted by Crippen LogP contribution is -2.47. The van der Waals surface area contributed by atoms with E-state index in [-0.39, 0.29) is 23.4 Å². The Bertz CT molecular complexity index is 933. The van der Waals surface area contributed by atoms with Crippen molar-refractivity contribution in [2.45, 2.75) is 25.8 Å². The molecule has 4 rings (SSSR count). The minimum Gasteiger partial charge on any atom is -0.349 e. The Morgan fingerprint density at radius 2 is 1.83 bits per heavy atom. The molecule has 1 saturated carbocycles. The van der Waals surface area contributed by atoms with Gasteiger partial charge in [-0.2, -0.15) is 0 Å². The van der Waals surface area contributed by atoms with Gasteiger partial charge in [-0.15, -0.1) is 0 Å². The smallest absolute Gasteiger partial charge is 0.255 e. The lowest BCUT2D eigenvalue weighted by Gasteiger charge is -2.32. The predicted octanol–water partition coefficient (Wildman–Crippen LogP) is 2.48. The molecule has 6 nitrogen and oxygen atoms in total. The van der Waals surface area contributed by atoms with Crippen molar-refractivity contribution in [3.05, 3.63) is 53.0 Å². The van der Waals surface area contributed by atoms with Crippen LogP contribution in [0.5, 0.6) is 0 Å². The van der Waals surface area contributed by atoms with Gasteiger partial charge in [0.1, 0.15) is 5.82 Å². The molecule has 0 radical (unpaired) electrons. The number of aromatic nitrogens is 1. The minimum absolute atomic E-state index is 0.0439. The summed E-state index contributed by atoms with van der Waals surface area (Å²) in [5, 5.41) is 2.88. The van der Waals surface area contributed by atoms with E-state index in [1.165, 1.54) is 12.3 Å². The van der Waals surface area contributed by atoms with E-state index in [2.05, 4.69) is 15.2 Å². The summed E-state index contributed by atoms with van der Waals surface area (Å²) in [5.41, 5.74) is 2.33. The SMILES string of the molecule is Cc1c(F)cc(C(=O)NC2CC2)cc1-c1ccc(C(=O)N2CCN(C)CC2)cn1. The fraction of sp³-hybridized carbons (Fsp3) is 0.409. The lowest BCUT2D eigenvalue weighted by atomic mass is 10.00.